The van der Waals surface area contributed by atoms with Crippen LogP contribution >= 0.6 is 0 Å². The molecule has 0 amide bonds. The quantitative estimate of drug-likeness (QED) is 0.588. The van der Waals surface area contributed by atoms with E-state index in [0.29, 0.717) is 5.92 Å². The van der Waals surface area contributed by atoms with Gasteiger partial charge < -0.3 is 24.8 Å². The van der Waals surface area contributed by atoms with Crippen molar-refractivity contribution in [1.29, 1.82) is 0 Å². The average molecular weight is 413 g/mol. The third-order valence-corrected chi connectivity index (χ3v) is 6.71. The van der Waals surface area contributed by atoms with Gasteiger partial charge in [-0.2, -0.15) is 0 Å². The summed E-state index contributed by atoms with van der Waals surface area (Å²) in [4.78, 5) is 0. The molecule has 22 heavy (non-hydrogen) atoms. The van der Waals surface area contributed by atoms with Crippen LogP contribution in [0.2, 0.25) is 0 Å². The Labute approximate surface area is 156 Å². The van der Waals surface area contributed by atoms with Crippen molar-refractivity contribution in [2.75, 3.05) is 6.61 Å². The first-order chi connectivity index (χ1) is 9.85. The number of rotatable bonds is 4. The molecule has 115 valence electrons. The van der Waals surface area contributed by atoms with E-state index >= 15 is 0 Å². The number of fused-ring (bicyclic) bond motifs is 1. The van der Waals surface area contributed by atoms with Gasteiger partial charge in [-0.15, -0.1) is 0 Å². The van der Waals surface area contributed by atoms with Crippen molar-refractivity contribution in [3.63, 3.8) is 0 Å². The van der Waals surface area contributed by atoms with Gasteiger partial charge in [-0.1, -0.05) is 0 Å². The maximum Gasteiger partial charge on any atom is -1.00 e. The Kier molecular flexibility index (Phi) is 8.21. The molecule has 0 aliphatic heterocycles. The van der Waals surface area contributed by atoms with Gasteiger partial charge in [0.15, 0.2) is 0 Å². The van der Waals surface area contributed by atoms with Crippen LogP contribution in [-0.2, 0) is 22.8 Å². The van der Waals surface area contributed by atoms with Gasteiger partial charge >= 0.3 is 132 Å². The Hall–Kier alpha value is -0.267. The maximum absolute atomic E-state index is 9.28. The maximum atomic E-state index is 9.28. The van der Waals surface area contributed by atoms with Crippen LogP contribution in [0.25, 0.3) is 5.57 Å². The molecule has 0 aromatic heterocycles. The van der Waals surface area contributed by atoms with E-state index in [1.54, 1.807) is 8.85 Å². The van der Waals surface area contributed by atoms with Gasteiger partial charge in [0, 0.05) is 0 Å². The van der Waals surface area contributed by atoms with E-state index in [1.807, 2.05) is 0 Å². The minimum absolute atomic E-state index is 0. The monoisotopic (exact) mass is 411 g/mol. The van der Waals surface area contributed by atoms with Gasteiger partial charge in [0.05, 0.1) is 0 Å². The van der Waals surface area contributed by atoms with Crippen molar-refractivity contribution in [2.45, 2.75) is 25.7 Å². The molecule has 2 aliphatic rings. The van der Waals surface area contributed by atoms with Crippen molar-refractivity contribution < 1.29 is 52.7 Å². The van der Waals surface area contributed by atoms with Crippen LogP contribution in [0.15, 0.2) is 51.3 Å². The molecule has 0 radical (unpaired) electrons. The number of aliphatic hydroxyl groups excluding tert-OH is 1. The second-order valence-electron chi connectivity index (χ2n) is 5.21. The molecule has 1 unspecified atom stereocenters. The first-order valence-corrected chi connectivity index (χ1v) is 9.84. The third-order valence-electron chi connectivity index (χ3n) is 4.03. The fraction of sp³-hybridized carbons (Fsp3) is 0.278. The van der Waals surface area contributed by atoms with Crippen LogP contribution in [0.3, 0.4) is 0 Å². The molecule has 0 bridgehead atoms. The number of benzene rings is 1. The van der Waals surface area contributed by atoms with E-state index in [-0.39, 0.29) is 31.4 Å². The fourth-order valence-electron chi connectivity index (χ4n) is 3.18. The SMILES string of the molecule is C[CH]=[Zr+2][C]1=C(C2C=C(CCO)c3ccccc32)CC=C1.[Cl-].[Cl-]. The van der Waals surface area contributed by atoms with E-state index in [2.05, 4.69) is 53.1 Å². The van der Waals surface area contributed by atoms with Gasteiger partial charge in [0.25, 0.3) is 0 Å². The zero-order chi connectivity index (χ0) is 13.9. The molecule has 2 aliphatic carbocycles. The fourth-order valence-corrected chi connectivity index (χ4v) is 5.56. The summed E-state index contributed by atoms with van der Waals surface area (Å²) in [6.07, 6.45) is 8.92. The van der Waals surface area contributed by atoms with E-state index < -0.39 is 22.8 Å². The molecule has 3 rings (SSSR count). The standard InChI is InChI=1S/C16H15O.C2H4.2ClH.Zr/c17-10-9-13-11-16(12-5-1-2-6-12)15-8-4-3-7-14(13)15;1-2;;;/h1-4,7-8,11,16-17H,5,9-10H2;1H,2H3;2*1H;/q;;;;+2/p-2. The number of hydrogen-bond acceptors (Lipinski definition) is 1. The van der Waals surface area contributed by atoms with Crippen molar-refractivity contribution in [3.05, 3.63) is 62.5 Å². The van der Waals surface area contributed by atoms with Crippen LogP contribution in [0.4, 0.5) is 0 Å². The van der Waals surface area contributed by atoms with Crippen LogP contribution in [-0.4, -0.2) is 15.4 Å². The van der Waals surface area contributed by atoms with Gasteiger partial charge in [-0.05, 0) is 0 Å². The molecular weight excluding hydrogens is 394 g/mol. The Morgan fingerprint density at radius 2 is 2.05 bits per heavy atom. The molecule has 0 saturated carbocycles. The van der Waals surface area contributed by atoms with Gasteiger partial charge in [-0.3, -0.25) is 0 Å². The van der Waals surface area contributed by atoms with Gasteiger partial charge in [0.1, 0.15) is 0 Å². The van der Waals surface area contributed by atoms with Crippen LogP contribution in [0.5, 0.6) is 0 Å². The van der Waals surface area contributed by atoms with Gasteiger partial charge in [0.2, 0.25) is 0 Å². The van der Waals surface area contributed by atoms with Crippen molar-refractivity contribution in [3.8, 4) is 0 Å². The number of allylic oxidation sites excluding steroid dienone is 5. The van der Waals surface area contributed by atoms with Gasteiger partial charge in [-0.25, -0.2) is 0 Å². The molecular formula is C18H19Cl2OZr. The zero-order valence-electron chi connectivity index (χ0n) is 12.5. The summed E-state index contributed by atoms with van der Waals surface area (Å²) in [5.41, 5.74) is 5.70. The predicted molar refractivity (Wildman–Crippen MR) is 81.4 cm³/mol. The minimum atomic E-state index is -0.507. The predicted octanol–water partition coefficient (Wildman–Crippen LogP) is -2.32. The smallest absolute Gasteiger partial charge is 1.00 e. The van der Waals surface area contributed by atoms with E-state index in [1.165, 1.54) is 16.7 Å². The minimum Gasteiger partial charge on any atom is -1.00 e. The Bertz CT molecular complexity index is 644. The van der Waals surface area contributed by atoms with E-state index in [9.17, 15) is 5.11 Å². The molecule has 4 heteroatoms. The normalized spacial score (nSPS) is 18.6. The number of halogens is 2. The van der Waals surface area contributed by atoms with Crippen molar-refractivity contribution in [1.82, 2.24) is 0 Å². The third kappa shape index (κ3) is 3.79. The Morgan fingerprint density at radius 1 is 1.27 bits per heavy atom. The first-order valence-electron chi connectivity index (χ1n) is 7.20. The molecule has 1 nitrogen and oxygen atoms in total. The Balaban J connectivity index is 0.00000121. The zero-order valence-corrected chi connectivity index (χ0v) is 16.5. The van der Waals surface area contributed by atoms with Crippen molar-refractivity contribution in [2.24, 2.45) is 0 Å². The average Bonchev–Trinajstić information content (AvgIpc) is 3.05. The molecule has 1 aromatic rings. The van der Waals surface area contributed by atoms with E-state index in [0.717, 1.165) is 12.8 Å². The summed E-state index contributed by atoms with van der Waals surface area (Å²) < 4.78 is 4.03. The van der Waals surface area contributed by atoms with Crippen LogP contribution < -0.4 is 24.8 Å². The molecule has 0 fully saturated rings. The number of hydrogen-bond donors (Lipinski definition) is 1. The van der Waals surface area contributed by atoms with Crippen LogP contribution in [0, 0.1) is 0 Å². The molecule has 1 aromatic carbocycles. The molecule has 1 atom stereocenters. The summed E-state index contributed by atoms with van der Waals surface area (Å²) in [6.45, 7) is 2.43. The van der Waals surface area contributed by atoms with E-state index in [4.69, 9.17) is 0 Å². The second kappa shape index (κ2) is 9.13. The second-order valence-corrected chi connectivity index (χ2v) is 8.66. The largest absolute Gasteiger partial charge is 1.00 e. The summed E-state index contributed by atoms with van der Waals surface area (Å²) in [5, 5.41) is 9.28. The summed E-state index contributed by atoms with van der Waals surface area (Å²) in [6, 6.07) is 8.69. The summed E-state index contributed by atoms with van der Waals surface area (Å²) in [7, 11) is 0. The molecule has 1 N–H and O–H groups in total. The molecule has 0 saturated heterocycles. The Morgan fingerprint density at radius 3 is 2.77 bits per heavy atom. The van der Waals surface area contributed by atoms with Crippen molar-refractivity contribution >= 4 is 9.28 Å². The number of aliphatic hydroxyl groups is 1. The molecule has 0 heterocycles. The topological polar surface area (TPSA) is 20.2 Å². The van der Waals surface area contributed by atoms with Crippen LogP contribution in [0.1, 0.15) is 36.8 Å². The first kappa shape index (κ1) is 19.8. The summed E-state index contributed by atoms with van der Waals surface area (Å²) >= 11 is -0.507. The summed E-state index contributed by atoms with van der Waals surface area (Å²) in [5.74, 6) is 0.443. The molecule has 0 spiro atoms.